The molecule has 0 atom stereocenters. The van der Waals surface area contributed by atoms with E-state index in [-0.39, 0.29) is 11.5 Å². The fourth-order valence-corrected chi connectivity index (χ4v) is 3.51. The summed E-state index contributed by atoms with van der Waals surface area (Å²) < 4.78 is 62.9. The van der Waals surface area contributed by atoms with Gasteiger partial charge >= 0.3 is 6.18 Å². The quantitative estimate of drug-likeness (QED) is 0.905. The smallest absolute Gasteiger partial charge is 0.392 e. The molecule has 0 aliphatic carbocycles. The Kier molecular flexibility index (Phi) is 5.40. The minimum atomic E-state index is -4.62. The Bertz CT molecular complexity index is 597. The normalized spacial score (nSPS) is 13.2. The molecule has 0 unspecified atom stereocenters. The largest absolute Gasteiger partial charge is 0.402 e. The van der Waals surface area contributed by atoms with E-state index in [0.29, 0.717) is 15.4 Å². The molecule has 0 aliphatic heterocycles. The van der Waals surface area contributed by atoms with E-state index in [1.807, 2.05) is 0 Å². The van der Waals surface area contributed by atoms with E-state index >= 15 is 0 Å². The molecular weight excluding hydrogens is 307 g/mol. The monoisotopic (exact) mass is 325 g/mol. The molecule has 0 amide bonds. The van der Waals surface area contributed by atoms with Gasteiger partial charge in [-0.15, -0.1) is 0 Å². The minimum Gasteiger partial charge on any atom is -0.392 e. The van der Waals surface area contributed by atoms with Gasteiger partial charge in [-0.1, -0.05) is 6.07 Å². The van der Waals surface area contributed by atoms with Gasteiger partial charge in [0.05, 0.1) is 11.5 Å². The summed E-state index contributed by atoms with van der Waals surface area (Å²) >= 11 is 0. The number of benzene rings is 1. The van der Waals surface area contributed by atoms with Gasteiger partial charge in [0.25, 0.3) is 0 Å². The Morgan fingerprint density at radius 3 is 2.29 bits per heavy atom. The number of aliphatic hydroxyl groups is 1. The summed E-state index contributed by atoms with van der Waals surface area (Å²) in [5.41, 5.74) is 1.04. The van der Waals surface area contributed by atoms with Crippen molar-refractivity contribution in [3.8, 4) is 0 Å². The lowest BCUT2D eigenvalue weighted by atomic mass is 10.1. The van der Waals surface area contributed by atoms with Gasteiger partial charge in [0.15, 0.2) is 0 Å². The van der Waals surface area contributed by atoms with Crippen LogP contribution in [-0.4, -0.2) is 36.6 Å². The lowest BCUT2D eigenvalue weighted by Gasteiger charge is -2.27. The zero-order valence-corrected chi connectivity index (χ0v) is 12.8. The van der Waals surface area contributed by atoms with Crippen molar-refractivity contribution >= 4 is 10.0 Å². The number of sulfonamides is 1. The van der Waals surface area contributed by atoms with Crippen LogP contribution in [0.15, 0.2) is 23.1 Å². The molecule has 0 spiro atoms. The van der Waals surface area contributed by atoms with Crippen molar-refractivity contribution in [2.45, 2.75) is 44.5 Å². The van der Waals surface area contributed by atoms with Crippen molar-refractivity contribution in [3.63, 3.8) is 0 Å². The van der Waals surface area contributed by atoms with Gasteiger partial charge in [-0.05, 0) is 44.0 Å². The highest BCUT2D eigenvalue weighted by Gasteiger charge is 2.38. The van der Waals surface area contributed by atoms with E-state index in [9.17, 15) is 21.6 Å². The van der Waals surface area contributed by atoms with Gasteiger partial charge in [0.1, 0.15) is 6.54 Å². The van der Waals surface area contributed by atoms with E-state index in [2.05, 4.69) is 0 Å². The number of rotatable bonds is 5. The molecule has 120 valence electrons. The molecule has 4 nitrogen and oxygen atoms in total. The number of hydrogen-bond acceptors (Lipinski definition) is 3. The van der Waals surface area contributed by atoms with E-state index in [4.69, 9.17) is 5.11 Å². The highest BCUT2D eigenvalue weighted by atomic mass is 32.2. The first-order valence-electron chi connectivity index (χ1n) is 6.28. The number of halogens is 3. The maximum absolute atomic E-state index is 12.6. The van der Waals surface area contributed by atoms with Gasteiger partial charge in [-0.3, -0.25) is 0 Å². The Morgan fingerprint density at radius 1 is 1.29 bits per heavy atom. The molecule has 0 radical (unpaired) electrons. The van der Waals surface area contributed by atoms with Crippen molar-refractivity contribution in [1.29, 1.82) is 0 Å². The average molecular weight is 325 g/mol. The summed E-state index contributed by atoms with van der Waals surface area (Å²) in [7, 11) is -4.28. The zero-order chi connectivity index (χ0) is 16.4. The number of alkyl halides is 3. The number of aliphatic hydroxyl groups excluding tert-OH is 1. The van der Waals surface area contributed by atoms with Crippen molar-refractivity contribution < 1.29 is 26.7 Å². The third-order valence-corrected chi connectivity index (χ3v) is 5.03. The molecule has 0 aromatic heterocycles. The third-order valence-electron chi connectivity index (χ3n) is 3.01. The molecule has 0 saturated heterocycles. The summed E-state index contributed by atoms with van der Waals surface area (Å²) in [4.78, 5) is -0.255. The highest BCUT2D eigenvalue weighted by molar-refractivity contribution is 7.89. The van der Waals surface area contributed by atoms with E-state index < -0.39 is 28.8 Å². The predicted molar refractivity (Wildman–Crippen MR) is 72.2 cm³/mol. The molecule has 0 saturated carbocycles. The number of nitrogens with zero attached hydrogens (tertiary/aromatic N) is 1. The summed E-state index contributed by atoms with van der Waals surface area (Å²) in [6, 6.07) is 3.08. The Balaban J connectivity index is 3.29. The molecule has 0 fully saturated rings. The highest BCUT2D eigenvalue weighted by Crippen LogP contribution is 2.26. The van der Waals surface area contributed by atoms with E-state index in [1.165, 1.54) is 32.0 Å². The standard InChI is InChI=1S/C13H18F3NO3S/c1-9(2)17(8-13(14,15)16)21(19,20)12-5-4-10(3)11(6-12)7-18/h4-6,9,18H,7-8H2,1-3H3. The molecule has 1 rings (SSSR count). The fourth-order valence-electron chi connectivity index (χ4n) is 1.84. The van der Waals surface area contributed by atoms with Crippen LogP contribution in [0.1, 0.15) is 25.0 Å². The Labute approximate surface area is 122 Å². The molecule has 1 aromatic rings. The summed E-state index contributed by atoms with van der Waals surface area (Å²) in [5.74, 6) is 0. The number of aryl methyl sites for hydroxylation is 1. The van der Waals surface area contributed by atoms with Crippen LogP contribution in [0.5, 0.6) is 0 Å². The third kappa shape index (κ3) is 4.42. The molecule has 1 N–H and O–H groups in total. The summed E-state index contributed by atoms with van der Waals surface area (Å²) in [6.07, 6.45) is -4.62. The molecule has 1 aromatic carbocycles. The molecule has 0 heterocycles. The van der Waals surface area contributed by atoms with Crippen LogP contribution in [0.3, 0.4) is 0 Å². The van der Waals surface area contributed by atoms with Gasteiger partial charge in [-0.2, -0.15) is 17.5 Å². The zero-order valence-electron chi connectivity index (χ0n) is 12.0. The maximum atomic E-state index is 12.6. The van der Waals surface area contributed by atoms with Crippen LogP contribution >= 0.6 is 0 Å². The van der Waals surface area contributed by atoms with Gasteiger partial charge < -0.3 is 5.11 Å². The second kappa shape index (κ2) is 6.33. The first kappa shape index (κ1) is 17.9. The summed E-state index contributed by atoms with van der Waals surface area (Å²) in [5, 5.41) is 9.15. The van der Waals surface area contributed by atoms with Crippen LogP contribution in [0, 0.1) is 6.92 Å². The topological polar surface area (TPSA) is 57.6 Å². The summed E-state index contributed by atoms with van der Waals surface area (Å²) in [6.45, 7) is 2.51. The lowest BCUT2D eigenvalue weighted by Crippen LogP contribution is -2.43. The minimum absolute atomic E-state index is 0.255. The van der Waals surface area contributed by atoms with Crippen LogP contribution in [0.2, 0.25) is 0 Å². The molecule has 21 heavy (non-hydrogen) atoms. The fraction of sp³-hybridized carbons (Fsp3) is 0.538. The SMILES string of the molecule is Cc1ccc(S(=O)(=O)N(CC(F)(F)F)C(C)C)cc1CO. The first-order valence-corrected chi connectivity index (χ1v) is 7.72. The number of hydrogen-bond donors (Lipinski definition) is 1. The average Bonchev–Trinajstić information content (AvgIpc) is 2.34. The van der Waals surface area contributed by atoms with E-state index in [0.717, 1.165) is 0 Å². The van der Waals surface area contributed by atoms with E-state index in [1.54, 1.807) is 6.92 Å². The molecule has 0 bridgehead atoms. The molecule has 8 heteroatoms. The van der Waals surface area contributed by atoms with Gasteiger partial charge in [0, 0.05) is 6.04 Å². The predicted octanol–water partition coefficient (Wildman–Crippen LogP) is 2.45. The lowest BCUT2D eigenvalue weighted by molar-refractivity contribution is -0.138. The molecule has 0 aliphatic rings. The second-order valence-corrected chi connectivity index (χ2v) is 6.90. The van der Waals surface area contributed by atoms with Gasteiger partial charge in [-0.25, -0.2) is 8.42 Å². The van der Waals surface area contributed by atoms with Crippen LogP contribution in [0.4, 0.5) is 13.2 Å². The van der Waals surface area contributed by atoms with Crippen molar-refractivity contribution in [2.24, 2.45) is 0 Å². The van der Waals surface area contributed by atoms with Crippen LogP contribution in [-0.2, 0) is 16.6 Å². The molecular formula is C13H18F3NO3S. The van der Waals surface area contributed by atoms with Gasteiger partial charge in [0.2, 0.25) is 10.0 Å². The second-order valence-electron chi connectivity index (χ2n) is 5.01. The van der Waals surface area contributed by atoms with Crippen LogP contribution < -0.4 is 0 Å². The van der Waals surface area contributed by atoms with Crippen molar-refractivity contribution in [3.05, 3.63) is 29.3 Å². The Hall–Kier alpha value is -1.12. The Morgan fingerprint density at radius 2 is 1.86 bits per heavy atom. The van der Waals surface area contributed by atoms with Crippen LogP contribution in [0.25, 0.3) is 0 Å². The first-order chi connectivity index (χ1) is 9.49. The maximum Gasteiger partial charge on any atom is 0.402 e. The van der Waals surface area contributed by atoms with Crippen molar-refractivity contribution in [1.82, 2.24) is 4.31 Å². The van der Waals surface area contributed by atoms with Crippen molar-refractivity contribution in [2.75, 3.05) is 6.54 Å².